The Labute approximate surface area is 105 Å². The Morgan fingerprint density at radius 3 is 2.76 bits per heavy atom. The van der Waals surface area contributed by atoms with Gasteiger partial charge in [0.1, 0.15) is 6.04 Å². The molecule has 2 N–H and O–H groups in total. The van der Waals surface area contributed by atoms with E-state index in [1.165, 1.54) is 0 Å². The number of nitrogens with two attached hydrogens (primary N) is 1. The van der Waals surface area contributed by atoms with Crippen LogP contribution < -0.4 is 5.73 Å². The van der Waals surface area contributed by atoms with Gasteiger partial charge in [-0.05, 0) is 11.8 Å². The topological polar surface area (TPSA) is 64.9 Å². The molecule has 1 aromatic carbocycles. The SMILES string of the molecule is CSCCc1nnc(C(N)c2ccccc2)o1. The van der Waals surface area contributed by atoms with Gasteiger partial charge in [0.05, 0.1) is 0 Å². The normalized spacial score (nSPS) is 12.6. The van der Waals surface area contributed by atoms with Crippen LogP contribution in [0, 0.1) is 0 Å². The number of aryl methyl sites for hydroxylation is 1. The van der Waals surface area contributed by atoms with E-state index in [0.29, 0.717) is 11.8 Å². The fourth-order valence-corrected chi connectivity index (χ4v) is 1.86. The van der Waals surface area contributed by atoms with Gasteiger partial charge in [0, 0.05) is 12.2 Å². The third kappa shape index (κ3) is 3.08. The third-order valence-corrected chi connectivity index (χ3v) is 3.04. The molecule has 1 unspecified atom stereocenters. The molecule has 0 saturated carbocycles. The summed E-state index contributed by atoms with van der Waals surface area (Å²) in [7, 11) is 0. The maximum atomic E-state index is 6.06. The zero-order chi connectivity index (χ0) is 12.1. The summed E-state index contributed by atoms with van der Waals surface area (Å²) in [5.74, 6) is 2.11. The Bertz CT molecular complexity index is 458. The minimum Gasteiger partial charge on any atom is -0.423 e. The number of hydrogen-bond acceptors (Lipinski definition) is 5. The van der Waals surface area contributed by atoms with E-state index in [4.69, 9.17) is 10.2 Å². The summed E-state index contributed by atoms with van der Waals surface area (Å²) in [5.41, 5.74) is 7.04. The fourth-order valence-electron chi connectivity index (χ4n) is 1.49. The molecule has 1 atom stereocenters. The van der Waals surface area contributed by atoms with Gasteiger partial charge in [-0.1, -0.05) is 30.3 Å². The van der Waals surface area contributed by atoms with Crippen molar-refractivity contribution in [3.8, 4) is 0 Å². The summed E-state index contributed by atoms with van der Waals surface area (Å²) >= 11 is 1.75. The number of nitrogens with zero attached hydrogens (tertiary/aromatic N) is 2. The lowest BCUT2D eigenvalue weighted by Crippen LogP contribution is -2.11. The summed E-state index contributed by atoms with van der Waals surface area (Å²) in [6, 6.07) is 9.41. The van der Waals surface area contributed by atoms with Crippen molar-refractivity contribution in [2.24, 2.45) is 5.73 Å². The predicted octanol–water partition coefficient (Wildman–Crippen LogP) is 2.02. The minimum absolute atomic E-state index is 0.341. The van der Waals surface area contributed by atoms with Gasteiger partial charge in [-0.15, -0.1) is 10.2 Å². The van der Waals surface area contributed by atoms with E-state index >= 15 is 0 Å². The van der Waals surface area contributed by atoms with Crippen molar-refractivity contribution in [1.82, 2.24) is 10.2 Å². The van der Waals surface area contributed by atoms with Crippen molar-refractivity contribution < 1.29 is 4.42 Å². The highest BCUT2D eigenvalue weighted by Gasteiger charge is 2.15. The first-order chi connectivity index (χ1) is 8.31. The lowest BCUT2D eigenvalue weighted by atomic mass is 10.1. The first kappa shape index (κ1) is 12.1. The van der Waals surface area contributed by atoms with Crippen molar-refractivity contribution in [1.29, 1.82) is 0 Å². The predicted molar refractivity (Wildman–Crippen MR) is 68.9 cm³/mol. The first-order valence-corrected chi connectivity index (χ1v) is 6.82. The van der Waals surface area contributed by atoms with Crippen molar-refractivity contribution in [2.45, 2.75) is 12.5 Å². The van der Waals surface area contributed by atoms with E-state index in [2.05, 4.69) is 10.2 Å². The molecule has 2 rings (SSSR count). The summed E-state index contributed by atoms with van der Waals surface area (Å²) in [6.07, 6.45) is 2.84. The molecule has 0 aliphatic rings. The number of thioether (sulfide) groups is 1. The van der Waals surface area contributed by atoms with Crippen molar-refractivity contribution >= 4 is 11.8 Å². The molecule has 0 aliphatic carbocycles. The summed E-state index contributed by atoms with van der Waals surface area (Å²) < 4.78 is 5.54. The smallest absolute Gasteiger partial charge is 0.237 e. The minimum atomic E-state index is -0.341. The molecule has 2 aromatic rings. The van der Waals surface area contributed by atoms with E-state index in [0.717, 1.165) is 17.7 Å². The zero-order valence-corrected chi connectivity index (χ0v) is 10.5. The molecule has 0 fully saturated rings. The van der Waals surface area contributed by atoms with Crippen LogP contribution in [0.5, 0.6) is 0 Å². The number of rotatable bonds is 5. The molecule has 0 amide bonds. The van der Waals surface area contributed by atoms with Crippen LogP contribution in [0.4, 0.5) is 0 Å². The molecule has 4 nitrogen and oxygen atoms in total. The molecule has 90 valence electrons. The second-order valence-corrected chi connectivity index (χ2v) is 4.65. The van der Waals surface area contributed by atoms with Gasteiger partial charge in [0.25, 0.3) is 0 Å². The van der Waals surface area contributed by atoms with Crippen LogP contribution in [0.3, 0.4) is 0 Å². The largest absolute Gasteiger partial charge is 0.423 e. The number of aromatic nitrogens is 2. The highest BCUT2D eigenvalue weighted by atomic mass is 32.2. The fraction of sp³-hybridized carbons (Fsp3) is 0.333. The summed E-state index contributed by atoms with van der Waals surface area (Å²) in [5, 5.41) is 7.98. The van der Waals surface area contributed by atoms with E-state index in [9.17, 15) is 0 Å². The highest BCUT2D eigenvalue weighted by molar-refractivity contribution is 7.98. The van der Waals surface area contributed by atoms with Crippen molar-refractivity contribution in [3.05, 3.63) is 47.7 Å². The lowest BCUT2D eigenvalue weighted by Gasteiger charge is -2.06. The molecule has 0 bridgehead atoms. The Hall–Kier alpha value is -1.33. The van der Waals surface area contributed by atoms with Crippen molar-refractivity contribution in [2.75, 3.05) is 12.0 Å². The van der Waals surface area contributed by atoms with E-state index in [1.807, 2.05) is 36.6 Å². The third-order valence-electron chi connectivity index (χ3n) is 2.43. The maximum absolute atomic E-state index is 6.06. The van der Waals surface area contributed by atoms with Crippen molar-refractivity contribution in [3.63, 3.8) is 0 Å². The van der Waals surface area contributed by atoms with Gasteiger partial charge >= 0.3 is 0 Å². The van der Waals surface area contributed by atoms with Gasteiger partial charge in [-0.2, -0.15) is 11.8 Å². The highest BCUT2D eigenvalue weighted by Crippen LogP contribution is 2.18. The molecule has 0 saturated heterocycles. The monoisotopic (exact) mass is 249 g/mol. The second-order valence-electron chi connectivity index (χ2n) is 3.67. The van der Waals surface area contributed by atoms with Gasteiger partial charge in [0.2, 0.25) is 11.8 Å². The standard InChI is InChI=1S/C12H15N3OS/c1-17-8-7-10-14-15-12(16-10)11(13)9-5-3-2-4-6-9/h2-6,11H,7-8,13H2,1H3. The molecule has 1 heterocycles. The van der Waals surface area contributed by atoms with Crippen LogP contribution in [-0.2, 0) is 6.42 Å². The van der Waals surface area contributed by atoms with Crippen LogP contribution in [0.1, 0.15) is 23.4 Å². The molecule has 17 heavy (non-hydrogen) atoms. The van der Waals surface area contributed by atoms with E-state index in [1.54, 1.807) is 11.8 Å². The Kier molecular flexibility index (Phi) is 4.17. The summed E-state index contributed by atoms with van der Waals surface area (Å²) in [4.78, 5) is 0. The lowest BCUT2D eigenvalue weighted by molar-refractivity contribution is 0.439. The van der Waals surface area contributed by atoms with Gasteiger partial charge < -0.3 is 10.2 Å². The molecule has 5 heteroatoms. The molecular weight excluding hydrogens is 234 g/mol. The second kappa shape index (κ2) is 5.84. The van der Waals surface area contributed by atoms with Crippen LogP contribution in [-0.4, -0.2) is 22.2 Å². The molecule has 0 radical (unpaired) electrons. The average Bonchev–Trinajstić information content (AvgIpc) is 2.85. The molecular formula is C12H15N3OS. The first-order valence-electron chi connectivity index (χ1n) is 5.43. The molecule has 1 aromatic heterocycles. The van der Waals surface area contributed by atoms with Gasteiger partial charge in [0.15, 0.2) is 0 Å². The van der Waals surface area contributed by atoms with Gasteiger partial charge in [-0.25, -0.2) is 0 Å². The average molecular weight is 249 g/mol. The van der Waals surface area contributed by atoms with Crippen LogP contribution in [0.2, 0.25) is 0 Å². The summed E-state index contributed by atoms with van der Waals surface area (Å²) in [6.45, 7) is 0. The Morgan fingerprint density at radius 2 is 2.06 bits per heavy atom. The quantitative estimate of drug-likeness (QED) is 0.878. The maximum Gasteiger partial charge on any atom is 0.237 e. The van der Waals surface area contributed by atoms with Crippen LogP contribution in [0.15, 0.2) is 34.7 Å². The molecule has 0 spiro atoms. The van der Waals surface area contributed by atoms with E-state index < -0.39 is 0 Å². The molecule has 0 aliphatic heterocycles. The number of benzene rings is 1. The van der Waals surface area contributed by atoms with Crippen LogP contribution in [0.25, 0.3) is 0 Å². The van der Waals surface area contributed by atoms with Gasteiger partial charge in [-0.3, -0.25) is 0 Å². The Balaban J connectivity index is 2.09. The number of hydrogen-bond donors (Lipinski definition) is 1. The zero-order valence-electron chi connectivity index (χ0n) is 9.67. The van der Waals surface area contributed by atoms with E-state index in [-0.39, 0.29) is 6.04 Å². The Morgan fingerprint density at radius 1 is 1.29 bits per heavy atom. The van der Waals surface area contributed by atoms with Crippen LogP contribution >= 0.6 is 11.8 Å².